The van der Waals surface area contributed by atoms with Crippen LogP contribution < -0.4 is 0 Å². The Kier molecular flexibility index (Phi) is 5.39. The van der Waals surface area contributed by atoms with Crippen LogP contribution in [0.4, 0.5) is 0 Å². The molecule has 0 bridgehead atoms. The lowest BCUT2D eigenvalue weighted by molar-refractivity contribution is -0.133. The van der Waals surface area contributed by atoms with Crippen LogP contribution in [0.15, 0.2) is 12.7 Å². The molecule has 0 N–H and O–H groups in total. The fraction of sp³-hybridized carbons (Fsp3) is 0.786. The van der Waals surface area contributed by atoms with Gasteiger partial charge >= 0.3 is 0 Å². The molecule has 19 heavy (non-hydrogen) atoms. The third-order valence-electron chi connectivity index (χ3n) is 4.38. The van der Waals surface area contributed by atoms with Crippen molar-refractivity contribution in [3.63, 3.8) is 0 Å². The molecule has 0 aromatic rings. The predicted molar refractivity (Wildman–Crippen MR) is 86.5 cm³/mol. The van der Waals surface area contributed by atoms with Crippen molar-refractivity contribution in [2.75, 3.05) is 0 Å². The number of amides is 1. The SMILES string of the molecule is C=CC[C@@H]1[C@@H](O[Si](C)(C)C(C)(C)C)CCC(=O)N1P. The van der Waals surface area contributed by atoms with Gasteiger partial charge in [0.1, 0.15) is 0 Å². The number of rotatable bonds is 4. The molecule has 3 nitrogen and oxygen atoms in total. The zero-order chi connectivity index (χ0) is 14.8. The van der Waals surface area contributed by atoms with Crippen LogP contribution in [-0.2, 0) is 9.22 Å². The number of nitrogens with zero attached hydrogens (tertiary/aromatic N) is 1. The summed E-state index contributed by atoms with van der Waals surface area (Å²) in [4.78, 5) is 11.8. The molecule has 0 aromatic heterocycles. The molecule has 1 amide bonds. The topological polar surface area (TPSA) is 29.5 Å². The van der Waals surface area contributed by atoms with E-state index < -0.39 is 8.32 Å². The lowest BCUT2D eigenvalue weighted by Gasteiger charge is -2.45. The molecular weight excluding hydrogens is 273 g/mol. The second-order valence-corrected chi connectivity index (χ2v) is 12.2. The molecule has 1 rings (SSSR count). The number of hydrogen-bond donors (Lipinski definition) is 0. The summed E-state index contributed by atoms with van der Waals surface area (Å²) in [7, 11) is 0.759. The predicted octanol–water partition coefficient (Wildman–Crippen LogP) is 3.73. The highest BCUT2D eigenvalue weighted by atomic mass is 31.0. The summed E-state index contributed by atoms with van der Waals surface area (Å²) >= 11 is 0. The average molecular weight is 301 g/mol. The number of hydrogen-bond acceptors (Lipinski definition) is 2. The highest BCUT2D eigenvalue weighted by molar-refractivity contribution is 7.14. The van der Waals surface area contributed by atoms with Crippen LogP contribution in [0.1, 0.15) is 40.0 Å². The van der Waals surface area contributed by atoms with Gasteiger partial charge in [0, 0.05) is 6.42 Å². The van der Waals surface area contributed by atoms with Gasteiger partial charge in [0.15, 0.2) is 8.32 Å². The first-order valence-electron chi connectivity index (χ1n) is 6.95. The Hall–Kier alpha value is -0.183. The summed E-state index contributed by atoms with van der Waals surface area (Å²) in [6.45, 7) is 15.1. The van der Waals surface area contributed by atoms with Crippen LogP contribution in [0.25, 0.3) is 0 Å². The second kappa shape index (κ2) is 6.07. The van der Waals surface area contributed by atoms with Gasteiger partial charge < -0.3 is 9.10 Å². The molecule has 1 unspecified atom stereocenters. The van der Waals surface area contributed by atoms with Crippen molar-refractivity contribution in [2.45, 2.75) is 70.3 Å². The van der Waals surface area contributed by atoms with Crippen LogP contribution in [0.3, 0.4) is 0 Å². The Morgan fingerprint density at radius 2 is 2.11 bits per heavy atom. The smallest absolute Gasteiger partial charge is 0.225 e. The molecule has 1 fully saturated rings. The van der Waals surface area contributed by atoms with Crippen LogP contribution in [0.2, 0.25) is 18.1 Å². The van der Waals surface area contributed by atoms with E-state index in [0.717, 1.165) is 12.8 Å². The van der Waals surface area contributed by atoms with Gasteiger partial charge in [-0.05, 0) is 40.4 Å². The summed E-state index contributed by atoms with van der Waals surface area (Å²) in [5, 5.41) is 0.193. The van der Waals surface area contributed by atoms with E-state index in [1.165, 1.54) is 0 Å². The van der Waals surface area contributed by atoms with Crippen molar-refractivity contribution in [1.29, 1.82) is 0 Å². The van der Waals surface area contributed by atoms with E-state index in [2.05, 4.69) is 49.8 Å². The van der Waals surface area contributed by atoms with E-state index >= 15 is 0 Å². The number of piperidine rings is 1. The molecular formula is C14H28NO2PSi. The van der Waals surface area contributed by atoms with Crippen LogP contribution in [-0.4, -0.2) is 31.0 Å². The van der Waals surface area contributed by atoms with Crippen molar-refractivity contribution in [1.82, 2.24) is 4.67 Å². The Morgan fingerprint density at radius 1 is 1.53 bits per heavy atom. The van der Waals surface area contributed by atoms with Crippen molar-refractivity contribution < 1.29 is 9.22 Å². The zero-order valence-electron chi connectivity index (χ0n) is 12.9. The molecule has 0 radical (unpaired) electrons. The first-order chi connectivity index (χ1) is 8.60. The maximum absolute atomic E-state index is 11.8. The molecule has 1 aliphatic rings. The van der Waals surface area contributed by atoms with Gasteiger partial charge in [0.05, 0.1) is 12.1 Å². The summed E-state index contributed by atoms with van der Waals surface area (Å²) in [5.74, 6) is 0.187. The van der Waals surface area contributed by atoms with Gasteiger partial charge in [-0.25, -0.2) is 0 Å². The molecule has 1 aliphatic heterocycles. The molecule has 0 saturated carbocycles. The van der Waals surface area contributed by atoms with Crippen molar-refractivity contribution >= 4 is 23.6 Å². The minimum Gasteiger partial charge on any atom is -0.412 e. The van der Waals surface area contributed by atoms with E-state index in [4.69, 9.17) is 4.43 Å². The Morgan fingerprint density at radius 3 is 2.58 bits per heavy atom. The third-order valence-corrected chi connectivity index (χ3v) is 9.55. The standard InChI is InChI=1S/C14H28NO2PSi/c1-7-8-11-12(9-10-13(16)15(11)18)17-19(5,6)14(2,3)4/h7,11-12H,1,8-10,18H2,2-6H3/t11-,12+/m1/s1. The maximum Gasteiger partial charge on any atom is 0.225 e. The molecule has 110 valence electrons. The average Bonchev–Trinajstić information content (AvgIpc) is 2.27. The Balaban J connectivity index is 2.86. The molecule has 1 heterocycles. The summed E-state index contributed by atoms with van der Waals surface area (Å²) in [6, 6.07) is 0.109. The summed E-state index contributed by atoms with van der Waals surface area (Å²) in [6.07, 6.45) is 4.20. The lowest BCUT2D eigenvalue weighted by atomic mass is 9.98. The van der Waals surface area contributed by atoms with E-state index in [1.54, 1.807) is 4.67 Å². The van der Waals surface area contributed by atoms with Gasteiger partial charge in [-0.2, -0.15) is 0 Å². The normalized spacial score (nSPS) is 25.6. The largest absolute Gasteiger partial charge is 0.412 e. The van der Waals surface area contributed by atoms with E-state index in [0.29, 0.717) is 6.42 Å². The number of carbonyl (C=O) groups is 1. The Labute approximate surface area is 121 Å². The lowest BCUT2D eigenvalue weighted by Crippen LogP contribution is -2.53. The van der Waals surface area contributed by atoms with Gasteiger partial charge in [0.25, 0.3) is 0 Å². The van der Waals surface area contributed by atoms with Crippen LogP contribution >= 0.6 is 9.39 Å². The van der Waals surface area contributed by atoms with E-state index in [-0.39, 0.29) is 23.1 Å². The van der Waals surface area contributed by atoms with Gasteiger partial charge in [-0.15, -0.1) is 6.58 Å². The minimum atomic E-state index is -1.80. The van der Waals surface area contributed by atoms with Crippen LogP contribution in [0.5, 0.6) is 0 Å². The molecule has 1 saturated heterocycles. The minimum absolute atomic E-state index is 0.109. The zero-order valence-corrected chi connectivity index (χ0v) is 15.1. The van der Waals surface area contributed by atoms with Crippen molar-refractivity contribution in [2.24, 2.45) is 0 Å². The highest BCUT2D eigenvalue weighted by Gasteiger charge is 2.43. The summed E-state index contributed by atoms with van der Waals surface area (Å²) < 4.78 is 8.28. The number of carbonyl (C=O) groups excluding carboxylic acids is 1. The van der Waals surface area contributed by atoms with Gasteiger partial charge in [0.2, 0.25) is 5.91 Å². The molecule has 0 aliphatic carbocycles. The summed E-state index contributed by atoms with van der Waals surface area (Å²) in [5.41, 5.74) is 0. The fourth-order valence-corrected chi connectivity index (χ4v) is 3.91. The van der Waals surface area contributed by atoms with E-state index in [9.17, 15) is 4.79 Å². The Bertz CT molecular complexity index is 352. The highest BCUT2D eigenvalue weighted by Crippen LogP contribution is 2.39. The molecule has 5 heteroatoms. The van der Waals surface area contributed by atoms with Crippen molar-refractivity contribution in [3.05, 3.63) is 12.7 Å². The second-order valence-electron chi connectivity index (χ2n) is 6.85. The maximum atomic E-state index is 11.8. The van der Waals surface area contributed by atoms with Gasteiger partial charge in [-0.1, -0.05) is 26.8 Å². The van der Waals surface area contributed by atoms with Crippen molar-refractivity contribution in [3.8, 4) is 0 Å². The fourth-order valence-electron chi connectivity index (χ4n) is 2.08. The monoisotopic (exact) mass is 301 g/mol. The van der Waals surface area contributed by atoms with Crippen LogP contribution in [0, 0.1) is 0 Å². The van der Waals surface area contributed by atoms with E-state index in [1.807, 2.05) is 6.08 Å². The molecule has 0 aromatic carbocycles. The molecule has 0 spiro atoms. The third kappa shape index (κ3) is 3.90. The first kappa shape index (κ1) is 16.9. The quantitative estimate of drug-likeness (QED) is 0.450. The van der Waals surface area contributed by atoms with Gasteiger partial charge in [-0.3, -0.25) is 4.79 Å². The molecule has 3 atom stereocenters. The first-order valence-corrected chi connectivity index (χ1v) is 10.4.